The van der Waals surface area contributed by atoms with Gasteiger partial charge in [0.05, 0.1) is 17.8 Å². The van der Waals surface area contributed by atoms with Crippen LogP contribution in [-0.2, 0) is 6.18 Å². The van der Waals surface area contributed by atoms with Gasteiger partial charge in [0.2, 0.25) is 0 Å². The number of aromatic nitrogens is 1. The second kappa shape index (κ2) is 7.67. The normalized spacial score (nSPS) is 31.2. The quantitative estimate of drug-likeness (QED) is 0.722. The van der Waals surface area contributed by atoms with Crippen LogP contribution in [0.2, 0.25) is 0 Å². The van der Waals surface area contributed by atoms with Crippen LogP contribution in [0.4, 0.5) is 19.0 Å². The lowest BCUT2D eigenvalue weighted by atomic mass is 9.95. The van der Waals surface area contributed by atoms with E-state index in [0.29, 0.717) is 25.5 Å². The summed E-state index contributed by atoms with van der Waals surface area (Å²) in [6.07, 6.45) is -4.59. The van der Waals surface area contributed by atoms with Crippen LogP contribution < -0.4 is 4.90 Å². The van der Waals surface area contributed by atoms with Gasteiger partial charge in [-0.1, -0.05) is 0 Å². The Labute approximate surface area is 149 Å². The standard InChI is InChI=1S/C17H24F3N3O3/c18-17(19,20)12-3-4-21-15(6-12)23-5-1-2-11(8-23)7-22-9-13(24)16(26)14(25)10-22/h3-4,6,11,13-14,16,24-26H,1-2,5,7-10H2/t11-,13-,14+,16+/m0/s1. The smallest absolute Gasteiger partial charge is 0.389 e. The van der Waals surface area contributed by atoms with E-state index in [1.54, 1.807) is 0 Å². The number of hydrogen-bond donors (Lipinski definition) is 3. The van der Waals surface area contributed by atoms with Gasteiger partial charge in [0.1, 0.15) is 11.9 Å². The average Bonchev–Trinajstić information content (AvgIpc) is 2.59. The molecule has 3 heterocycles. The molecule has 2 saturated heterocycles. The van der Waals surface area contributed by atoms with Crippen LogP contribution in [0, 0.1) is 5.92 Å². The summed E-state index contributed by atoms with van der Waals surface area (Å²) < 4.78 is 38.7. The van der Waals surface area contributed by atoms with Gasteiger partial charge in [-0.2, -0.15) is 13.2 Å². The van der Waals surface area contributed by atoms with Crippen molar-refractivity contribution in [3.8, 4) is 0 Å². The monoisotopic (exact) mass is 375 g/mol. The number of piperidine rings is 2. The molecule has 0 aromatic carbocycles. The number of nitrogens with zero attached hydrogens (tertiary/aromatic N) is 3. The highest BCUT2D eigenvalue weighted by Crippen LogP contribution is 2.32. The third-order valence-electron chi connectivity index (χ3n) is 5.11. The van der Waals surface area contributed by atoms with E-state index in [1.165, 1.54) is 6.20 Å². The second-order valence-corrected chi connectivity index (χ2v) is 7.20. The summed E-state index contributed by atoms with van der Waals surface area (Å²) in [5.74, 6) is 0.508. The molecule has 4 atom stereocenters. The minimum absolute atomic E-state index is 0.190. The first-order valence-corrected chi connectivity index (χ1v) is 8.79. The molecule has 2 aliphatic rings. The molecule has 146 valence electrons. The fourth-order valence-corrected chi connectivity index (χ4v) is 3.78. The molecule has 0 saturated carbocycles. The van der Waals surface area contributed by atoms with E-state index in [2.05, 4.69) is 4.98 Å². The van der Waals surface area contributed by atoms with Crippen molar-refractivity contribution < 1.29 is 28.5 Å². The Morgan fingerprint density at radius 1 is 1.12 bits per heavy atom. The van der Waals surface area contributed by atoms with Crippen molar-refractivity contribution in [2.75, 3.05) is 37.6 Å². The van der Waals surface area contributed by atoms with E-state index in [-0.39, 0.29) is 19.0 Å². The fraction of sp³-hybridized carbons (Fsp3) is 0.706. The molecular formula is C17H24F3N3O3. The zero-order valence-corrected chi connectivity index (χ0v) is 14.3. The van der Waals surface area contributed by atoms with Crippen LogP contribution in [0.15, 0.2) is 18.3 Å². The predicted molar refractivity (Wildman–Crippen MR) is 88.6 cm³/mol. The molecule has 3 rings (SSSR count). The molecular weight excluding hydrogens is 351 g/mol. The Bertz CT molecular complexity index is 604. The van der Waals surface area contributed by atoms with Crippen molar-refractivity contribution in [3.63, 3.8) is 0 Å². The highest BCUT2D eigenvalue weighted by molar-refractivity contribution is 5.42. The highest BCUT2D eigenvalue weighted by Gasteiger charge is 2.35. The molecule has 0 radical (unpaired) electrons. The Morgan fingerprint density at radius 2 is 1.81 bits per heavy atom. The minimum Gasteiger partial charge on any atom is -0.389 e. The lowest BCUT2D eigenvalue weighted by molar-refractivity contribution is -0.137. The van der Waals surface area contributed by atoms with Gasteiger partial charge in [0.15, 0.2) is 0 Å². The molecule has 0 bridgehead atoms. The molecule has 0 aliphatic carbocycles. The molecule has 0 spiro atoms. The molecule has 0 amide bonds. The summed E-state index contributed by atoms with van der Waals surface area (Å²) in [6, 6.07) is 2.04. The zero-order valence-electron chi connectivity index (χ0n) is 14.3. The Morgan fingerprint density at radius 3 is 2.46 bits per heavy atom. The largest absolute Gasteiger partial charge is 0.416 e. The number of halogens is 3. The predicted octanol–water partition coefficient (Wildman–Crippen LogP) is 0.715. The highest BCUT2D eigenvalue weighted by atomic mass is 19.4. The number of anilines is 1. The number of rotatable bonds is 3. The van der Waals surface area contributed by atoms with E-state index < -0.39 is 30.1 Å². The Hall–Kier alpha value is -1.42. The van der Waals surface area contributed by atoms with Crippen LogP contribution in [-0.4, -0.2) is 76.2 Å². The van der Waals surface area contributed by atoms with Gasteiger partial charge in [-0.3, -0.25) is 4.90 Å². The van der Waals surface area contributed by atoms with Crippen molar-refractivity contribution in [3.05, 3.63) is 23.9 Å². The first-order chi connectivity index (χ1) is 12.2. The number of pyridine rings is 1. The number of aliphatic hydroxyl groups excluding tert-OH is 3. The summed E-state index contributed by atoms with van der Waals surface area (Å²) in [6.45, 7) is 2.37. The number of aliphatic hydroxyl groups is 3. The topological polar surface area (TPSA) is 80.1 Å². The molecule has 9 heteroatoms. The Kier molecular flexibility index (Phi) is 5.71. The van der Waals surface area contributed by atoms with Crippen molar-refractivity contribution in [1.82, 2.24) is 9.88 Å². The van der Waals surface area contributed by atoms with Crippen LogP contribution in [0.3, 0.4) is 0 Å². The van der Waals surface area contributed by atoms with Gasteiger partial charge >= 0.3 is 6.18 Å². The average molecular weight is 375 g/mol. The van der Waals surface area contributed by atoms with E-state index >= 15 is 0 Å². The zero-order chi connectivity index (χ0) is 18.9. The lowest BCUT2D eigenvalue weighted by Gasteiger charge is -2.41. The van der Waals surface area contributed by atoms with Crippen molar-refractivity contribution >= 4 is 5.82 Å². The number of hydrogen-bond acceptors (Lipinski definition) is 6. The van der Waals surface area contributed by atoms with Crippen molar-refractivity contribution in [2.45, 2.75) is 37.3 Å². The van der Waals surface area contributed by atoms with Gasteiger partial charge in [0, 0.05) is 38.9 Å². The van der Waals surface area contributed by atoms with Gasteiger partial charge in [-0.15, -0.1) is 0 Å². The molecule has 26 heavy (non-hydrogen) atoms. The number of likely N-dealkylation sites (tertiary alicyclic amines) is 1. The molecule has 2 aliphatic heterocycles. The van der Waals surface area contributed by atoms with E-state index in [4.69, 9.17) is 0 Å². The van der Waals surface area contributed by atoms with Crippen LogP contribution >= 0.6 is 0 Å². The SMILES string of the molecule is O[C@H]1[C@H](O)CN(C[C@@H]2CCCN(c3cc(C(F)(F)F)ccn3)C2)C[C@@H]1O. The lowest BCUT2D eigenvalue weighted by Crippen LogP contribution is -2.56. The number of alkyl halides is 3. The third kappa shape index (κ3) is 4.46. The van der Waals surface area contributed by atoms with E-state index in [9.17, 15) is 28.5 Å². The molecule has 3 N–H and O–H groups in total. The summed E-state index contributed by atoms with van der Waals surface area (Å²) in [7, 11) is 0. The van der Waals surface area contributed by atoms with Gasteiger partial charge in [0.25, 0.3) is 0 Å². The summed E-state index contributed by atoms with van der Waals surface area (Å²) >= 11 is 0. The van der Waals surface area contributed by atoms with E-state index in [0.717, 1.165) is 25.0 Å². The summed E-state index contributed by atoms with van der Waals surface area (Å²) in [5.41, 5.74) is -0.708. The van der Waals surface area contributed by atoms with E-state index in [1.807, 2.05) is 9.80 Å². The third-order valence-corrected chi connectivity index (χ3v) is 5.11. The van der Waals surface area contributed by atoms with Gasteiger partial charge in [-0.25, -0.2) is 4.98 Å². The maximum Gasteiger partial charge on any atom is 0.416 e. The molecule has 1 aromatic heterocycles. The van der Waals surface area contributed by atoms with Crippen LogP contribution in [0.25, 0.3) is 0 Å². The fourth-order valence-electron chi connectivity index (χ4n) is 3.78. The van der Waals surface area contributed by atoms with Crippen LogP contribution in [0.5, 0.6) is 0 Å². The van der Waals surface area contributed by atoms with Crippen LogP contribution in [0.1, 0.15) is 18.4 Å². The van der Waals surface area contributed by atoms with Gasteiger partial charge < -0.3 is 20.2 Å². The van der Waals surface area contributed by atoms with Crippen molar-refractivity contribution in [1.29, 1.82) is 0 Å². The maximum absolute atomic E-state index is 12.9. The summed E-state index contributed by atoms with van der Waals surface area (Å²) in [4.78, 5) is 7.85. The minimum atomic E-state index is -4.40. The molecule has 1 aromatic rings. The maximum atomic E-state index is 12.9. The number of β-amino-alcohol motifs (C(OH)–C–C–N with tert-alkyl or cyclic N) is 2. The summed E-state index contributed by atoms with van der Waals surface area (Å²) in [5, 5.41) is 29.2. The molecule has 6 nitrogen and oxygen atoms in total. The van der Waals surface area contributed by atoms with Gasteiger partial charge in [-0.05, 0) is 30.9 Å². The molecule has 2 fully saturated rings. The first-order valence-electron chi connectivity index (χ1n) is 8.79. The first kappa shape index (κ1) is 19.3. The Balaban J connectivity index is 1.63. The molecule has 0 unspecified atom stereocenters. The van der Waals surface area contributed by atoms with Crippen molar-refractivity contribution in [2.24, 2.45) is 5.92 Å². The second-order valence-electron chi connectivity index (χ2n) is 7.20.